The molecule has 16 heavy (non-hydrogen) atoms. The molecule has 1 saturated carbocycles. The Kier molecular flexibility index (Phi) is 3.33. The first-order chi connectivity index (χ1) is 7.45. The fourth-order valence-electron chi connectivity index (χ4n) is 3.39. The van der Waals surface area contributed by atoms with Gasteiger partial charge >= 0.3 is 0 Å². The molecule has 2 rings (SSSR count). The molecule has 1 unspecified atom stereocenters. The van der Waals surface area contributed by atoms with E-state index in [9.17, 15) is 0 Å². The fourth-order valence-corrected chi connectivity index (χ4v) is 3.39. The summed E-state index contributed by atoms with van der Waals surface area (Å²) in [4.78, 5) is 0. The molecule has 94 valence electrons. The highest BCUT2D eigenvalue weighted by atomic mass is 16.5. The molecule has 2 fully saturated rings. The summed E-state index contributed by atoms with van der Waals surface area (Å²) >= 11 is 0. The minimum Gasteiger partial charge on any atom is -0.372 e. The second-order valence-corrected chi connectivity index (χ2v) is 6.75. The van der Waals surface area contributed by atoms with Gasteiger partial charge < -0.3 is 10.1 Å². The zero-order valence-electron chi connectivity index (χ0n) is 11.3. The molecule has 0 amide bonds. The molecular weight excluding hydrogens is 198 g/mol. The maximum Gasteiger partial charge on any atom is 0.0838 e. The average molecular weight is 225 g/mol. The van der Waals surface area contributed by atoms with Crippen LogP contribution in [0.4, 0.5) is 0 Å². The molecule has 0 aromatic rings. The third-order valence-electron chi connectivity index (χ3n) is 4.54. The maximum atomic E-state index is 6.21. The normalized spacial score (nSPS) is 33.2. The molecule has 0 radical (unpaired) electrons. The van der Waals surface area contributed by atoms with Gasteiger partial charge in [-0.3, -0.25) is 0 Å². The van der Waals surface area contributed by atoms with Crippen LogP contribution in [0.5, 0.6) is 0 Å². The van der Waals surface area contributed by atoms with Crippen molar-refractivity contribution in [2.45, 2.75) is 65.0 Å². The van der Waals surface area contributed by atoms with Crippen LogP contribution in [0.3, 0.4) is 0 Å². The molecule has 1 aliphatic heterocycles. The maximum absolute atomic E-state index is 6.21. The number of ether oxygens (including phenoxy) is 1. The molecule has 0 bridgehead atoms. The van der Waals surface area contributed by atoms with Gasteiger partial charge in [-0.25, -0.2) is 0 Å². The predicted molar refractivity (Wildman–Crippen MR) is 67.6 cm³/mol. The quantitative estimate of drug-likeness (QED) is 0.741. The highest BCUT2D eigenvalue weighted by molar-refractivity contribution is 5.01. The molecule has 0 aromatic carbocycles. The van der Waals surface area contributed by atoms with Gasteiger partial charge in [0.15, 0.2) is 0 Å². The molecule has 2 aliphatic rings. The van der Waals surface area contributed by atoms with Crippen molar-refractivity contribution < 1.29 is 4.74 Å². The monoisotopic (exact) mass is 225 g/mol. The summed E-state index contributed by atoms with van der Waals surface area (Å²) in [6.45, 7) is 11.3. The van der Waals surface area contributed by atoms with E-state index in [1.54, 1.807) is 0 Å². The van der Waals surface area contributed by atoms with E-state index in [4.69, 9.17) is 4.74 Å². The van der Waals surface area contributed by atoms with Crippen molar-refractivity contribution in [2.75, 3.05) is 13.2 Å². The summed E-state index contributed by atoms with van der Waals surface area (Å²) in [7, 11) is 0. The van der Waals surface area contributed by atoms with Crippen molar-refractivity contribution in [3.63, 3.8) is 0 Å². The van der Waals surface area contributed by atoms with Gasteiger partial charge in [-0.1, -0.05) is 27.7 Å². The topological polar surface area (TPSA) is 21.3 Å². The molecule has 0 aromatic heterocycles. The van der Waals surface area contributed by atoms with Gasteiger partial charge in [-0.05, 0) is 37.0 Å². The zero-order chi connectivity index (χ0) is 11.8. The van der Waals surface area contributed by atoms with E-state index in [1.807, 2.05) is 0 Å². The lowest BCUT2D eigenvalue weighted by Gasteiger charge is -2.51. The number of hydrogen-bond donors (Lipinski definition) is 1. The lowest BCUT2D eigenvalue weighted by Crippen LogP contribution is -2.61. The third kappa shape index (κ3) is 2.28. The van der Waals surface area contributed by atoms with Crippen molar-refractivity contribution in [1.82, 2.24) is 5.32 Å². The summed E-state index contributed by atoms with van der Waals surface area (Å²) in [5, 5.41) is 3.68. The van der Waals surface area contributed by atoms with E-state index < -0.39 is 0 Å². The van der Waals surface area contributed by atoms with Crippen LogP contribution in [0.25, 0.3) is 0 Å². The van der Waals surface area contributed by atoms with Crippen molar-refractivity contribution in [3.8, 4) is 0 Å². The van der Waals surface area contributed by atoms with E-state index in [0.29, 0.717) is 17.4 Å². The Hall–Kier alpha value is -0.0800. The molecule has 1 aliphatic carbocycles. The first-order valence-electron chi connectivity index (χ1n) is 6.83. The molecule has 2 nitrogen and oxygen atoms in total. The smallest absolute Gasteiger partial charge is 0.0838 e. The van der Waals surface area contributed by atoms with E-state index in [2.05, 4.69) is 33.0 Å². The van der Waals surface area contributed by atoms with Crippen LogP contribution < -0.4 is 5.32 Å². The Labute approximate surface area is 100 Å². The van der Waals surface area contributed by atoms with Crippen LogP contribution in [0.15, 0.2) is 0 Å². The standard InChI is InChI=1S/C14H27NO/c1-11(2)12-14(16-10-9-15-12)7-5-13(3,4)6-8-14/h11-12,15H,5-10H2,1-4H3. The highest BCUT2D eigenvalue weighted by Gasteiger charge is 2.47. The molecule has 1 saturated heterocycles. The van der Waals surface area contributed by atoms with Crippen molar-refractivity contribution in [3.05, 3.63) is 0 Å². The number of rotatable bonds is 1. The fraction of sp³-hybridized carbons (Fsp3) is 1.00. The summed E-state index contributed by atoms with van der Waals surface area (Å²) in [6.07, 6.45) is 5.07. The average Bonchev–Trinajstić information content (AvgIpc) is 2.23. The van der Waals surface area contributed by atoms with Gasteiger partial charge in [0.25, 0.3) is 0 Å². The molecular formula is C14H27NO. The summed E-state index contributed by atoms with van der Waals surface area (Å²) < 4.78 is 6.21. The van der Waals surface area contributed by atoms with Crippen LogP contribution >= 0.6 is 0 Å². The minimum atomic E-state index is 0.141. The minimum absolute atomic E-state index is 0.141. The second kappa shape index (κ2) is 4.30. The first-order valence-corrected chi connectivity index (χ1v) is 6.83. The van der Waals surface area contributed by atoms with Crippen molar-refractivity contribution in [2.24, 2.45) is 11.3 Å². The number of nitrogens with one attached hydrogen (secondary N) is 1. The van der Waals surface area contributed by atoms with Crippen LogP contribution in [-0.4, -0.2) is 24.8 Å². The van der Waals surface area contributed by atoms with Gasteiger partial charge in [0.1, 0.15) is 0 Å². The number of hydrogen-bond acceptors (Lipinski definition) is 2. The lowest BCUT2D eigenvalue weighted by atomic mass is 9.66. The van der Waals surface area contributed by atoms with Crippen molar-refractivity contribution >= 4 is 0 Å². The van der Waals surface area contributed by atoms with E-state index in [0.717, 1.165) is 13.2 Å². The van der Waals surface area contributed by atoms with E-state index in [-0.39, 0.29) is 5.60 Å². The van der Waals surface area contributed by atoms with E-state index in [1.165, 1.54) is 25.7 Å². The third-order valence-corrected chi connectivity index (χ3v) is 4.54. The first kappa shape index (κ1) is 12.4. The van der Waals surface area contributed by atoms with Gasteiger partial charge in [0.2, 0.25) is 0 Å². The molecule has 2 heteroatoms. The Bertz CT molecular complexity index is 237. The summed E-state index contributed by atoms with van der Waals surface area (Å²) in [5.74, 6) is 0.668. The van der Waals surface area contributed by atoms with Gasteiger partial charge in [-0.2, -0.15) is 0 Å². The summed E-state index contributed by atoms with van der Waals surface area (Å²) in [6, 6.07) is 0.553. The Morgan fingerprint density at radius 3 is 2.31 bits per heavy atom. The summed E-state index contributed by atoms with van der Waals surface area (Å²) in [5.41, 5.74) is 0.662. The van der Waals surface area contributed by atoms with Crippen LogP contribution in [0, 0.1) is 11.3 Å². The van der Waals surface area contributed by atoms with Gasteiger partial charge in [-0.15, -0.1) is 0 Å². The molecule has 1 spiro atoms. The largest absolute Gasteiger partial charge is 0.372 e. The lowest BCUT2D eigenvalue weighted by molar-refractivity contribution is -0.140. The predicted octanol–water partition coefficient (Wildman–Crippen LogP) is 2.97. The van der Waals surface area contributed by atoms with Crippen LogP contribution in [-0.2, 0) is 4.74 Å². The van der Waals surface area contributed by atoms with Crippen LogP contribution in [0.2, 0.25) is 0 Å². The Balaban J connectivity index is 2.10. The number of morpholine rings is 1. The molecule has 1 atom stereocenters. The van der Waals surface area contributed by atoms with Gasteiger partial charge in [0.05, 0.1) is 12.2 Å². The van der Waals surface area contributed by atoms with Crippen molar-refractivity contribution in [1.29, 1.82) is 0 Å². The SMILES string of the molecule is CC(C)C1NCCOC12CCC(C)(C)CC2. The van der Waals surface area contributed by atoms with E-state index >= 15 is 0 Å². The van der Waals surface area contributed by atoms with Crippen LogP contribution in [0.1, 0.15) is 53.4 Å². The molecule has 1 N–H and O–H groups in total. The highest BCUT2D eigenvalue weighted by Crippen LogP contribution is 2.45. The zero-order valence-corrected chi connectivity index (χ0v) is 11.3. The Morgan fingerprint density at radius 2 is 1.75 bits per heavy atom. The molecule has 1 heterocycles. The Morgan fingerprint density at radius 1 is 1.12 bits per heavy atom. The van der Waals surface area contributed by atoms with Gasteiger partial charge in [0, 0.05) is 12.6 Å². The second-order valence-electron chi connectivity index (χ2n) is 6.75.